The molecule has 1 unspecified atom stereocenters. The van der Waals surface area contributed by atoms with Gasteiger partial charge in [-0.05, 0) is 51.6 Å². The molecule has 1 saturated carbocycles. The molecule has 0 aromatic heterocycles. The molecule has 1 N–H and O–H groups in total. The first kappa shape index (κ1) is 15.5. The lowest BCUT2D eigenvalue weighted by atomic mass is 9.89. The summed E-state index contributed by atoms with van der Waals surface area (Å²) in [5, 5.41) is 3.17. The van der Waals surface area contributed by atoms with Crippen LogP contribution in [-0.2, 0) is 10.2 Å². The van der Waals surface area contributed by atoms with Crippen molar-refractivity contribution in [3.63, 3.8) is 0 Å². The predicted octanol–water partition coefficient (Wildman–Crippen LogP) is 2.94. The van der Waals surface area contributed by atoms with Crippen molar-refractivity contribution in [1.82, 2.24) is 10.2 Å². The van der Waals surface area contributed by atoms with E-state index in [1.54, 1.807) is 0 Å². The highest BCUT2D eigenvalue weighted by Crippen LogP contribution is 2.51. The van der Waals surface area contributed by atoms with Gasteiger partial charge in [0, 0.05) is 28.9 Å². The van der Waals surface area contributed by atoms with E-state index in [9.17, 15) is 4.79 Å². The first-order chi connectivity index (χ1) is 9.44. The van der Waals surface area contributed by atoms with Crippen LogP contribution in [0, 0.1) is 0 Å². The molecule has 4 heteroatoms. The van der Waals surface area contributed by atoms with Crippen molar-refractivity contribution in [3.05, 3.63) is 34.3 Å². The number of hydrogen-bond acceptors (Lipinski definition) is 2. The van der Waals surface area contributed by atoms with Gasteiger partial charge in [0.2, 0.25) is 5.91 Å². The Morgan fingerprint density at radius 3 is 2.45 bits per heavy atom. The fraction of sp³-hybridized carbons (Fsp3) is 0.562. The van der Waals surface area contributed by atoms with Crippen LogP contribution < -0.4 is 5.32 Å². The van der Waals surface area contributed by atoms with E-state index in [1.807, 2.05) is 19.0 Å². The molecule has 1 aromatic rings. The van der Waals surface area contributed by atoms with Crippen molar-refractivity contribution >= 4 is 21.8 Å². The largest absolute Gasteiger partial charge is 0.353 e. The topological polar surface area (TPSA) is 32.3 Å². The summed E-state index contributed by atoms with van der Waals surface area (Å²) in [4.78, 5) is 14.0. The molecule has 0 spiro atoms. The molecule has 3 nitrogen and oxygen atoms in total. The van der Waals surface area contributed by atoms with E-state index in [0.717, 1.165) is 23.9 Å². The first-order valence-corrected chi connectivity index (χ1v) is 7.93. The molecule has 0 radical (unpaired) electrons. The van der Waals surface area contributed by atoms with Crippen LogP contribution in [0.3, 0.4) is 0 Å². The highest BCUT2D eigenvalue weighted by Gasteiger charge is 2.49. The molecule has 1 aromatic carbocycles. The maximum Gasteiger partial charge on any atom is 0.221 e. The van der Waals surface area contributed by atoms with Crippen LogP contribution in [0.25, 0.3) is 0 Å². The second kappa shape index (κ2) is 6.27. The maximum atomic E-state index is 12.0. The third-order valence-corrected chi connectivity index (χ3v) is 4.73. The highest BCUT2D eigenvalue weighted by molar-refractivity contribution is 9.10. The van der Waals surface area contributed by atoms with Gasteiger partial charge in [0.15, 0.2) is 0 Å². The molecule has 0 saturated heterocycles. The zero-order chi connectivity index (χ0) is 14.8. The number of amides is 1. The van der Waals surface area contributed by atoms with Gasteiger partial charge in [0.05, 0.1) is 0 Å². The maximum absolute atomic E-state index is 12.0. The number of halogens is 1. The number of carbonyl (C=O) groups is 1. The average molecular weight is 339 g/mol. The average Bonchev–Trinajstić information content (AvgIpc) is 3.18. The number of benzene rings is 1. The number of carbonyl (C=O) groups excluding carboxylic acids is 1. The van der Waals surface area contributed by atoms with E-state index in [2.05, 4.69) is 52.4 Å². The molecule has 1 aliphatic rings. The summed E-state index contributed by atoms with van der Waals surface area (Å²) >= 11 is 3.47. The molecular weight excluding hydrogens is 316 g/mol. The Kier molecular flexibility index (Phi) is 4.86. The van der Waals surface area contributed by atoms with E-state index in [0.29, 0.717) is 6.42 Å². The Morgan fingerprint density at radius 2 is 1.95 bits per heavy atom. The fourth-order valence-electron chi connectivity index (χ4n) is 2.67. The minimum Gasteiger partial charge on any atom is -0.353 e. The molecule has 1 atom stereocenters. The minimum absolute atomic E-state index is 0.147. The van der Waals surface area contributed by atoms with E-state index < -0.39 is 0 Å². The van der Waals surface area contributed by atoms with Crippen LogP contribution in [0.15, 0.2) is 28.7 Å². The quantitative estimate of drug-likeness (QED) is 0.864. The van der Waals surface area contributed by atoms with Gasteiger partial charge in [-0.15, -0.1) is 0 Å². The molecule has 110 valence electrons. The van der Waals surface area contributed by atoms with Crippen LogP contribution in [-0.4, -0.2) is 37.5 Å². The van der Waals surface area contributed by atoms with E-state index in [-0.39, 0.29) is 17.4 Å². The zero-order valence-corrected chi connectivity index (χ0v) is 14.0. The zero-order valence-electron chi connectivity index (χ0n) is 12.4. The summed E-state index contributed by atoms with van der Waals surface area (Å²) in [7, 11) is 3.97. The molecule has 1 aliphatic carbocycles. The SMILES string of the molecule is CC(NC(=O)CCN(C)C)C1(c2ccc(Br)cc2)CC1. The van der Waals surface area contributed by atoms with Crippen molar-refractivity contribution in [1.29, 1.82) is 0 Å². The Hall–Kier alpha value is -0.870. The van der Waals surface area contributed by atoms with Gasteiger partial charge in [0.1, 0.15) is 0 Å². The van der Waals surface area contributed by atoms with Gasteiger partial charge in [0.25, 0.3) is 0 Å². The second-order valence-corrected chi connectivity index (χ2v) is 6.92. The van der Waals surface area contributed by atoms with Gasteiger partial charge in [-0.3, -0.25) is 4.79 Å². The molecular formula is C16H23BrN2O. The van der Waals surface area contributed by atoms with Gasteiger partial charge >= 0.3 is 0 Å². The molecule has 1 fully saturated rings. The number of nitrogens with zero attached hydrogens (tertiary/aromatic N) is 1. The lowest BCUT2D eigenvalue weighted by Crippen LogP contribution is -2.42. The monoisotopic (exact) mass is 338 g/mol. The summed E-state index contributed by atoms with van der Waals surface area (Å²) in [5.41, 5.74) is 1.48. The van der Waals surface area contributed by atoms with E-state index in [1.165, 1.54) is 5.56 Å². The highest BCUT2D eigenvalue weighted by atomic mass is 79.9. The predicted molar refractivity (Wildman–Crippen MR) is 85.8 cm³/mol. The summed E-state index contributed by atoms with van der Waals surface area (Å²) in [6.07, 6.45) is 2.88. The smallest absolute Gasteiger partial charge is 0.221 e. The minimum atomic E-state index is 0.147. The van der Waals surface area contributed by atoms with Gasteiger partial charge < -0.3 is 10.2 Å². The third kappa shape index (κ3) is 3.61. The standard InChI is InChI=1S/C16H23BrN2O/c1-12(18-15(20)8-11-19(2)3)16(9-10-16)13-4-6-14(17)7-5-13/h4-7,12H,8-11H2,1-3H3,(H,18,20). The Balaban J connectivity index is 1.96. The van der Waals surface area contributed by atoms with Crippen molar-refractivity contribution < 1.29 is 4.79 Å². The Morgan fingerprint density at radius 1 is 1.35 bits per heavy atom. The fourth-order valence-corrected chi connectivity index (χ4v) is 2.93. The van der Waals surface area contributed by atoms with Crippen molar-refractivity contribution in [2.45, 2.75) is 37.6 Å². The summed E-state index contributed by atoms with van der Waals surface area (Å²) in [6, 6.07) is 8.68. The molecule has 20 heavy (non-hydrogen) atoms. The number of rotatable bonds is 6. The summed E-state index contributed by atoms with van der Waals surface area (Å²) < 4.78 is 1.10. The molecule has 0 heterocycles. The van der Waals surface area contributed by atoms with Crippen LogP contribution in [0.2, 0.25) is 0 Å². The van der Waals surface area contributed by atoms with Crippen LogP contribution >= 0.6 is 15.9 Å². The van der Waals surface area contributed by atoms with Crippen LogP contribution in [0.4, 0.5) is 0 Å². The van der Waals surface area contributed by atoms with Gasteiger partial charge in [-0.1, -0.05) is 28.1 Å². The van der Waals surface area contributed by atoms with Crippen molar-refractivity contribution in [3.8, 4) is 0 Å². The number of hydrogen-bond donors (Lipinski definition) is 1. The van der Waals surface area contributed by atoms with E-state index >= 15 is 0 Å². The lowest BCUT2D eigenvalue weighted by molar-refractivity contribution is -0.122. The van der Waals surface area contributed by atoms with Crippen LogP contribution in [0.1, 0.15) is 31.7 Å². The second-order valence-electron chi connectivity index (χ2n) is 6.01. The molecule has 0 bridgehead atoms. The third-order valence-electron chi connectivity index (χ3n) is 4.20. The Labute approximate surface area is 129 Å². The van der Waals surface area contributed by atoms with Gasteiger partial charge in [-0.25, -0.2) is 0 Å². The molecule has 1 amide bonds. The first-order valence-electron chi connectivity index (χ1n) is 7.14. The van der Waals surface area contributed by atoms with Crippen molar-refractivity contribution in [2.24, 2.45) is 0 Å². The lowest BCUT2D eigenvalue weighted by Gasteiger charge is -2.25. The van der Waals surface area contributed by atoms with Crippen LogP contribution in [0.5, 0.6) is 0 Å². The Bertz CT molecular complexity index is 466. The normalized spacial score (nSPS) is 17.9. The number of nitrogens with one attached hydrogen (secondary N) is 1. The molecule has 0 aliphatic heterocycles. The van der Waals surface area contributed by atoms with E-state index in [4.69, 9.17) is 0 Å². The van der Waals surface area contributed by atoms with Gasteiger partial charge in [-0.2, -0.15) is 0 Å². The summed E-state index contributed by atoms with van der Waals surface area (Å²) in [5.74, 6) is 0.148. The molecule has 2 rings (SSSR count). The van der Waals surface area contributed by atoms with Crippen molar-refractivity contribution in [2.75, 3.05) is 20.6 Å². The summed E-state index contributed by atoms with van der Waals surface area (Å²) in [6.45, 7) is 2.92.